The maximum Gasteiger partial charge on any atom is 0.281 e. The highest BCUT2D eigenvalue weighted by Gasteiger charge is 2.24. The van der Waals surface area contributed by atoms with Crippen LogP contribution in [-0.2, 0) is 0 Å². The highest BCUT2D eigenvalue weighted by atomic mass is 16.5. The number of fused-ring (bicyclic) bond motifs is 1. The van der Waals surface area contributed by atoms with E-state index in [2.05, 4.69) is 0 Å². The van der Waals surface area contributed by atoms with E-state index >= 15 is 0 Å². The summed E-state index contributed by atoms with van der Waals surface area (Å²) in [6, 6.07) is 6.60. The van der Waals surface area contributed by atoms with Gasteiger partial charge in [0.2, 0.25) is 0 Å². The van der Waals surface area contributed by atoms with E-state index in [-0.39, 0.29) is 13.2 Å². The van der Waals surface area contributed by atoms with Crippen LogP contribution in [0.5, 0.6) is 5.75 Å². The summed E-state index contributed by atoms with van der Waals surface area (Å²) < 4.78 is 5.25. The Kier molecular flexibility index (Phi) is 2.57. The van der Waals surface area contributed by atoms with E-state index < -0.39 is 12.0 Å². The molecule has 0 spiro atoms. The van der Waals surface area contributed by atoms with Gasteiger partial charge in [0.25, 0.3) is 5.91 Å². The molecule has 2 rings (SSSR count). The Morgan fingerprint density at radius 3 is 2.93 bits per heavy atom. The average molecular weight is 209 g/mol. The molecule has 5 heteroatoms. The highest BCUT2D eigenvalue weighted by Crippen LogP contribution is 2.21. The number of aliphatic hydroxyl groups excluding tert-OH is 1. The summed E-state index contributed by atoms with van der Waals surface area (Å²) in [5.41, 5.74) is 0.298. The largest absolute Gasteiger partial charge is 0.490 e. The summed E-state index contributed by atoms with van der Waals surface area (Å²) in [7, 11) is 0. The van der Waals surface area contributed by atoms with Gasteiger partial charge in [-0.3, -0.25) is 10.0 Å². The Balaban J connectivity index is 2.39. The van der Waals surface area contributed by atoms with Crippen molar-refractivity contribution in [1.29, 1.82) is 0 Å². The molecule has 0 aliphatic carbocycles. The van der Waals surface area contributed by atoms with E-state index in [1.54, 1.807) is 24.3 Å². The van der Waals surface area contributed by atoms with E-state index in [4.69, 9.17) is 4.74 Å². The van der Waals surface area contributed by atoms with Crippen LogP contribution in [0.3, 0.4) is 0 Å². The summed E-state index contributed by atoms with van der Waals surface area (Å²) in [6.45, 7) is -0.0888. The van der Waals surface area contributed by atoms with Crippen molar-refractivity contribution in [1.82, 2.24) is 5.06 Å². The maximum atomic E-state index is 11.6. The molecule has 5 nitrogen and oxygen atoms in total. The molecule has 1 unspecified atom stereocenters. The smallest absolute Gasteiger partial charge is 0.281 e. The molecule has 0 aromatic heterocycles. The number of nitrogens with zero attached hydrogens (tertiary/aromatic N) is 1. The van der Waals surface area contributed by atoms with E-state index in [1.165, 1.54) is 0 Å². The summed E-state index contributed by atoms with van der Waals surface area (Å²) in [5.74, 6) is -0.190. The van der Waals surface area contributed by atoms with Gasteiger partial charge in [-0.25, -0.2) is 5.06 Å². The lowest BCUT2D eigenvalue weighted by atomic mass is 10.1. The summed E-state index contributed by atoms with van der Waals surface area (Å²) in [6.07, 6.45) is -0.882. The van der Waals surface area contributed by atoms with Crippen molar-refractivity contribution in [2.45, 2.75) is 6.10 Å². The molecular weight excluding hydrogens is 198 g/mol. The van der Waals surface area contributed by atoms with Crippen LogP contribution in [0.1, 0.15) is 10.4 Å². The standard InChI is InChI=1S/C10H11NO4/c12-7-5-11(14)10(13)8-3-1-2-4-9(8)15-6-7/h1-4,7,12,14H,5-6H2. The average Bonchev–Trinajstić information content (AvgIpc) is 2.24. The first kappa shape index (κ1) is 9.95. The molecule has 80 valence electrons. The van der Waals surface area contributed by atoms with Crippen molar-refractivity contribution in [3.63, 3.8) is 0 Å². The van der Waals surface area contributed by atoms with Gasteiger partial charge >= 0.3 is 0 Å². The molecule has 1 aliphatic rings. The van der Waals surface area contributed by atoms with Gasteiger partial charge in [0, 0.05) is 0 Å². The van der Waals surface area contributed by atoms with Gasteiger partial charge in [-0.1, -0.05) is 12.1 Å². The lowest BCUT2D eigenvalue weighted by molar-refractivity contribution is -0.0872. The number of rotatable bonds is 0. The van der Waals surface area contributed by atoms with Gasteiger partial charge in [0.1, 0.15) is 18.5 Å². The fourth-order valence-corrected chi connectivity index (χ4v) is 1.43. The topological polar surface area (TPSA) is 70.0 Å². The SMILES string of the molecule is O=C1c2ccccc2OCC(O)CN1O. The second-order valence-electron chi connectivity index (χ2n) is 3.35. The number of hydrogen-bond acceptors (Lipinski definition) is 4. The number of para-hydroxylation sites is 1. The van der Waals surface area contributed by atoms with Gasteiger partial charge in [0.05, 0.1) is 12.1 Å². The molecule has 0 saturated heterocycles. The molecule has 0 saturated carbocycles. The number of amides is 1. The Bertz CT molecular complexity index is 379. The van der Waals surface area contributed by atoms with Crippen LogP contribution in [0.25, 0.3) is 0 Å². The fraction of sp³-hybridized carbons (Fsp3) is 0.300. The lowest BCUT2D eigenvalue weighted by Crippen LogP contribution is -2.39. The Labute approximate surface area is 86.5 Å². The van der Waals surface area contributed by atoms with E-state index in [9.17, 15) is 15.1 Å². The lowest BCUT2D eigenvalue weighted by Gasteiger charge is -2.23. The molecular formula is C10H11NO4. The molecule has 1 aromatic rings. The Morgan fingerprint density at radius 2 is 2.13 bits per heavy atom. The van der Waals surface area contributed by atoms with Gasteiger partial charge in [0.15, 0.2) is 0 Å². The third-order valence-corrected chi connectivity index (χ3v) is 2.17. The van der Waals surface area contributed by atoms with Crippen LogP contribution in [0.15, 0.2) is 24.3 Å². The monoisotopic (exact) mass is 209 g/mol. The Morgan fingerprint density at radius 1 is 1.40 bits per heavy atom. The number of hydroxylamine groups is 2. The number of carbonyl (C=O) groups excluding carboxylic acids is 1. The van der Waals surface area contributed by atoms with Crippen molar-refractivity contribution < 1.29 is 19.8 Å². The van der Waals surface area contributed by atoms with Crippen molar-refractivity contribution in [3.8, 4) is 5.75 Å². The first-order chi connectivity index (χ1) is 7.18. The van der Waals surface area contributed by atoms with Crippen molar-refractivity contribution in [2.75, 3.05) is 13.2 Å². The van der Waals surface area contributed by atoms with Crippen molar-refractivity contribution >= 4 is 5.91 Å². The van der Waals surface area contributed by atoms with Crippen LogP contribution in [0.2, 0.25) is 0 Å². The molecule has 1 atom stereocenters. The molecule has 2 N–H and O–H groups in total. The molecule has 1 heterocycles. The number of aliphatic hydroxyl groups is 1. The van der Waals surface area contributed by atoms with Crippen LogP contribution in [0, 0.1) is 0 Å². The van der Waals surface area contributed by atoms with Crippen molar-refractivity contribution in [2.24, 2.45) is 0 Å². The van der Waals surface area contributed by atoms with E-state index in [0.29, 0.717) is 16.4 Å². The predicted octanol–water partition coefficient (Wildman–Crippen LogP) is 0.271. The second-order valence-corrected chi connectivity index (χ2v) is 3.35. The van der Waals surface area contributed by atoms with Crippen LogP contribution < -0.4 is 4.74 Å². The first-order valence-electron chi connectivity index (χ1n) is 4.59. The van der Waals surface area contributed by atoms with E-state index in [0.717, 1.165) is 0 Å². The zero-order valence-electron chi connectivity index (χ0n) is 7.96. The Hall–Kier alpha value is -1.59. The molecule has 15 heavy (non-hydrogen) atoms. The number of carbonyl (C=O) groups is 1. The zero-order chi connectivity index (χ0) is 10.8. The molecule has 0 bridgehead atoms. The minimum atomic E-state index is -0.882. The van der Waals surface area contributed by atoms with Crippen LogP contribution >= 0.6 is 0 Å². The number of hydrogen-bond donors (Lipinski definition) is 2. The van der Waals surface area contributed by atoms with Crippen LogP contribution in [-0.4, -0.2) is 40.5 Å². The van der Waals surface area contributed by atoms with Gasteiger partial charge in [-0.05, 0) is 12.1 Å². The minimum Gasteiger partial charge on any atom is -0.490 e. The summed E-state index contributed by atoms with van der Waals surface area (Å²) >= 11 is 0. The molecule has 0 radical (unpaired) electrons. The number of β-amino-alcohol motifs (C(OH)–C–C–N with tert-alkyl or cyclic N) is 1. The normalized spacial score (nSPS) is 21.3. The summed E-state index contributed by atoms with van der Waals surface area (Å²) in [5, 5.41) is 19.2. The molecule has 1 aromatic carbocycles. The second kappa shape index (κ2) is 3.88. The molecule has 0 fully saturated rings. The summed E-state index contributed by atoms with van der Waals surface area (Å²) in [4.78, 5) is 11.6. The quantitative estimate of drug-likeness (QED) is 0.602. The van der Waals surface area contributed by atoms with Crippen LogP contribution in [0.4, 0.5) is 0 Å². The highest BCUT2D eigenvalue weighted by molar-refractivity contribution is 5.96. The third-order valence-electron chi connectivity index (χ3n) is 2.17. The van der Waals surface area contributed by atoms with E-state index in [1.807, 2.05) is 0 Å². The van der Waals surface area contributed by atoms with Gasteiger partial charge in [-0.2, -0.15) is 0 Å². The van der Waals surface area contributed by atoms with Gasteiger partial charge in [-0.15, -0.1) is 0 Å². The number of ether oxygens (including phenoxy) is 1. The zero-order valence-corrected chi connectivity index (χ0v) is 7.96. The van der Waals surface area contributed by atoms with Gasteiger partial charge < -0.3 is 9.84 Å². The predicted molar refractivity (Wildman–Crippen MR) is 50.8 cm³/mol. The molecule has 1 amide bonds. The van der Waals surface area contributed by atoms with Crippen molar-refractivity contribution in [3.05, 3.63) is 29.8 Å². The molecule has 1 aliphatic heterocycles. The fourth-order valence-electron chi connectivity index (χ4n) is 1.43. The third kappa shape index (κ3) is 1.93. The minimum absolute atomic E-state index is 0.0569. The maximum absolute atomic E-state index is 11.6. The number of benzene rings is 1. The first-order valence-corrected chi connectivity index (χ1v) is 4.59.